The molecule has 1 aromatic rings. The van der Waals surface area contributed by atoms with Crippen LogP contribution in [0, 0.1) is 11.8 Å². The number of sulfonamides is 1. The molecule has 0 bridgehead atoms. The van der Waals surface area contributed by atoms with Crippen LogP contribution in [0.5, 0.6) is 0 Å². The van der Waals surface area contributed by atoms with Gasteiger partial charge in [-0.25, -0.2) is 8.42 Å². The van der Waals surface area contributed by atoms with E-state index in [4.69, 9.17) is 0 Å². The molecule has 1 aromatic carbocycles. The first-order valence-corrected chi connectivity index (χ1v) is 9.59. The Bertz CT molecular complexity index is 569. The second-order valence-electron chi connectivity index (χ2n) is 6.36. The van der Waals surface area contributed by atoms with Crippen LogP contribution >= 0.6 is 0 Å². The molecule has 21 heavy (non-hydrogen) atoms. The Hall–Kier alpha value is -1.23. The topological polar surface area (TPSA) is 58.2 Å². The molecule has 0 saturated heterocycles. The van der Waals surface area contributed by atoms with E-state index in [2.05, 4.69) is 23.9 Å². The summed E-state index contributed by atoms with van der Waals surface area (Å²) in [5, 5.41) is 3.58. The summed E-state index contributed by atoms with van der Waals surface area (Å²) in [5.41, 5.74) is 1.51. The minimum atomic E-state index is -3.26. The van der Waals surface area contributed by atoms with E-state index in [1.165, 1.54) is 25.5 Å². The van der Waals surface area contributed by atoms with Crippen LogP contribution in [0.4, 0.5) is 11.4 Å². The highest BCUT2D eigenvalue weighted by atomic mass is 32.2. The summed E-state index contributed by atoms with van der Waals surface area (Å²) < 4.78 is 25.6. The van der Waals surface area contributed by atoms with Crippen molar-refractivity contribution < 1.29 is 8.42 Å². The zero-order chi connectivity index (χ0) is 15.5. The van der Waals surface area contributed by atoms with Crippen LogP contribution in [-0.4, -0.2) is 20.7 Å². The van der Waals surface area contributed by atoms with Crippen molar-refractivity contribution in [3.63, 3.8) is 0 Å². The van der Waals surface area contributed by atoms with E-state index >= 15 is 0 Å². The third kappa shape index (κ3) is 4.63. The molecule has 0 amide bonds. The van der Waals surface area contributed by atoms with Crippen molar-refractivity contribution in [2.45, 2.75) is 45.6 Å². The van der Waals surface area contributed by atoms with Crippen LogP contribution in [0.25, 0.3) is 0 Å². The largest absolute Gasteiger partial charge is 0.380 e. The van der Waals surface area contributed by atoms with Gasteiger partial charge in [0.1, 0.15) is 0 Å². The first-order valence-electron chi connectivity index (χ1n) is 7.70. The van der Waals surface area contributed by atoms with E-state index in [9.17, 15) is 8.42 Å². The lowest BCUT2D eigenvalue weighted by Gasteiger charge is -2.36. The highest BCUT2D eigenvalue weighted by Gasteiger charge is 2.27. The highest BCUT2D eigenvalue weighted by Crippen LogP contribution is 2.34. The minimum Gasteiger partial charge on any atom is -0.380 e. The van der Waals surface area contributed by atoms with Crippen LogP contribution in [0.3, 0.4) is 0 Å². The third-order valence-electron chi connectivity index (χ3n) is 4.24. The predicted octanol–water partition coefficient (Wildman–Crippen LogP) is 3.68. The molecule has 2 atom stereocenters. The van der Waals surface area contributed by atoms with E-state index in [1.807, 2.05) is 18.2 Å². The van der Waals surface area contributed by atoms with Crippen molar-refractivity contribution in [3.8, 4) is 0 Å². The van der Waals surface area contributed by atoms with Crippen molar-refractivity contribution in [2.75, 3.05) is 16.3 Å². The molecule has 5 heteroatoms. The molecule has 0 spiro atoms. The summed E-state index contributed by atoms with van der Waals surface area (Å²) in [5.74, 6) is 1.28. The maximum Gasteiger partial charge on any atom is 0.229 e. The van der Waals surface area contributed by atoms with Gasteiger partial charge in [-0.1, -0.05) is 38.8 Å². The van der Waals surface area contributed by atoms with Gasteiger partial charge >= 0.3 is 0 Å². The molecule has 1 aliphatic carbocycles. The summed E-state index contributed by atoms with van der Waals surface area (Å²) in [6.07, 6.45) is 6.11. The number of anilines is 2. The number of nitrogens with one attached hydrogen (secondary N) is 2. The molecule has 0 aromatic heterocycles. The Morgan fingerprint density at radius 2 is 1.71 bits per heavy atom. The molecule has 0 heterocycles. The Kier molecular flexibility index (Phi) is 5.14. The van der Waals surface area contributed by atoms with E-state index < -0.39 is 10.0 Å². The molecule has 2 rings (SSSR count). The molecule has 4 nitrogen and oxygen atoms in total. The SMILES string of the molecule is CC(C)C1CCCCC1Nc1ccccc1NS(C)(=O)=O. The fraction of sp³-hybridized carbons (Fsp3) is 0.625. The van der Waals surface area contributed by atoms with Gasteiger partial charge in [0.15, 0.2) is 0 Å². The molecule has 1 saturated carbocycles. The van der Waals surface area contributed by atoms with Crippen molar-refractivity contribution >= 4 is 21.4 Å². The van der Waals surface area contributed by atoms with Gasteiger partial charge in [-0.15, -0.1) is 0 Å². The van der Waals surface area contributed by atoms with Gasteiger partial charge in [-0.2, -0.15) is 0 Å². The third-order valence-corrected chi connectivity index (χ3v) is 4.83. The van der Waals surface area contributed by atoms with E-state index in [1.54, 1.807) is 6.07 Å². The zero-order valence-electron chi connectivity index (χ0n) is 13.1. The smallest absolute Gasteiger partial charge is 0.229 e. The fourth-order valence-electron chi connectivity index (χ4n) is 3.23. The van der Waals surface area contributed by atoms with Gasteiger partial charge in [-0.05, 0) is 36.8 Å². The summed E-state index contributed by atoms with van der Waals surface area (Å²) in [6, 6.07) is 7.94. The second-order valence-corrected chi connectivity index (χ2v) is 8.11. The normalized spacial score (nSPS) is 23.0. The molecule has 1 fully saturated rings. The molecule has 118 valence electrons. The van der Waals surface area contributed by atoms with Crippen molar-refractivity contribution in [3.05, 3.63) is 24.3 Å². The van der Waals surface area contributed by atoms with Crippen molar-refractivity contribution in [1.82, 2.24) is 0 Å². The first-order chi connectivity index (χ1) is 9.87. The lowest BCUT2D eigenvalue weighted by atomic mass is 9.78. The number of hydrogen-bond donors (Lipinski definition) is 2. The van der Waals surface area contributed by atoms with E-state index in [0.29, 0.717) is 23.6 Å². The van der Waals surface area contributed by atoms with Crippen molar-refractivity contribution in [2.24, 2.45) is 11.8 Å². The average Bonchev–Trinajstić information content (AvgIpc) is 2.40. The van der Waals surface area contributed by atoms with Gasteiger partial charge < -0.3 is 5.32 Å². The molecule has 1 aliphatic rings. The van der Waals surface area contributed by atoms with Gasteiger partial charge in [0, 0.05) is 6.04 Å². The number of para-hydroxylation sites is 2. The van der Waals surface area contributed by atoms with E-state index in [-0.39, 0.29) is 0 Å². The van der Waals surface area contributed by atoms with Crippen molar-refractivity contribution in [1.29, 1.82) is 0 Å². The monoisotopic (exact) mass is 310 g/mol. The molecular formula is C16H26N2O2S. The maximum absolute atomic E-state index is 11.5. The Labute approximate surface area is 128 Å². The second kappa shape index (κ2) is 6.69. The maximum atomic E-state index is 11.5. The van der Waals surface area contributed by atoms with Gasteiger partial charge in [0.2, 0.25) is 10.0 Å². The van der Waals surface area contributed by atoms with Gasteiger partial charge in [0.05, 0.1) is 17.6 Å². The Balaban J connectivity index is 2.18. The van der Waals surface area contributed by atoms with E-state index in [0.717, 1.165) is 12.1 Å². The quantitative estimate of drug-likeness (QED) is 0.872. The fourth-order valence-corrected chi connectivity index (χ4v) is 3.81. The van der Waals surface area contributed by atoms with Crippen LogP contribution in [0.2, 0.25) is 0 Å². The predicted molar refractivity (Wildman–Crippen MR) is 89.1 cm³/mol. The van der Waals surface area contributed by atoms with Gasteiger partial charge in [-0.3, -0.25) is 4.72 Å². The van der Waals surface area contributed by atoms with Crippen LogP contribution < -0.4 is 10.0 Å². The summed E-state index contributed by atoms with van der Waals surface area (Å²) in [4.78, 5) is 0. The van der Waals surface area contributed by atoms with Gasteiger partial charge in [0.25, 0.3) is 0 Å². The number of benzene rings is 1. The van der Waals surface area contributed by atoms with Crippen LogP contribution in [-0.2, 0) is 10.0 Å². The standard InChI is InChI=1S/C16H26N2O2S/c1-12(2)13-8-4-5-9-14(13)17-15-10-6-7-11-16(15)18-21(3,19)20/h6-7,10-14,17-18H,4-5,8-9H2,1-3H3. The Morgan fingerprint density at radius 1 is 1.10 bits per heavy atom. The first kappa shape index (κ1) is 16.1. The molecular weight excluding hydrogens is 284 g/mol. The number of hydrogen-bond acceptors (Lipinski definition) is 3. The Morgan fingerprint density at radius 3 is 2.33 bits per heavy atom. The average molecular weight is 310 g/mol. The number of rotatable bonds is 5. The molecule has 2 unspecified atom stereocenters. The highest BCUT2D eigenvalue weighted by molar-refractivity contribution is 7.92. The molecule has 0 aliphatic heterocycles. The van der Waals surface area contributed by atoms with Crippen LogP contribution in [0.15, 0.2) is 24.3 Å². The summed E-state index contributed by atoms with van der Waals surface area (Å²) in [7, 11) is -3.26. The molecule has 0 radical (unpaired) electrons. The zero-order valence-corrected chi connectivity index (χ0v) is 13.9. The lowest BCUT2D eigenvalue weighted by Crippen LogP contribution is -2.35. The molecule has 2 N–H and O–H groups in total. The summed E-state index contributed by atoms with van der Waals surface area (Å²) >= 11 is 0. The van der Waals surface area contributed by atoms with Crippen LogP contribution in [0.1, 0.15) is 39.5 Å². The summed E-state index contributed by atoms with van der Waals surface area (Å²) in [6.45, 7) is 4.54. The minimum absolute atomic E-state index is 0.418. The lowest BCUT2D eigenvalue weighted by molar-refractivity contribution is 0.254.